The van der Waals surface area contributed by atoms with Crippen LogP contribution < -0.4 is 10.6 Å². The zero-order valence-corrected chi connectivity index (χ0v) is 15.8. The molecule has 2 aromatic heterocycles. The van der Waals surface area contributed by atoms with E-state index >= 15 is 0 Å². The van der Waals surface area contributed by atoms with Crippen molar-refractivity contribution < 1.29 is 13.2 Å². The SMILES string of the molecule is CC(C1CC1)N(c1nc(N)nc(-c2cccc(C(F)(F)F)n2)n1)C(C)C1CC1. The molecule has 2 atom stereocenters. The van der Waals surface area contributed by atoms with Crippen LogP contribution in [0.15, 0.2) is 18.2 Å². The maximum Gasteiger partial charge on any atom is 0.433 e. The number of hydrogen-bond donors (Lipinski definition) is 1. The van der Waals surface area contributed by atoms with E-state index in [0.29, 0.717) is 17.8 Å². The van der Waals surface area contributed by atoms with E-state index in [4.69, 9.17) is 5.73 Å². The van der Waals surface area contributed by atoms with E-state index in [1.54, 1.807) is 0 Å². The van der Waals surface area contributed by atoms with Gasteiger partial charge in [-0.25, -0.2) is 4.98 Å². The highest BCUT2D eigenvalue weighted by Crippen LogP contribution is 2.42. The molecule has 2 aliphatic carbocycles. The van der Waals surface area contributed by atoms with E-state index in [1.807, 2.05) is 0 Å². The van der Waals surface area contributed by atoms with E-state index in [1.165, 1.54) is 12.1 Å². The number of aromatic nitrogens is 4. The smallest absolute Gasteiger partial charge is 0.368 e. The lowest BCUT2D eigenvalue weighted by Gasteiger charge is -2.35. The molecule has 0 aromatic carbocycles. The Balaban J connectivity index is 1.73. The van der Waals surface area contributed by atoms with Gasteiger partial charge in [0.25, 0.3) is 0 Å². The molecule has 0 amide bonds. The molecule has 6 nitrogen and oxygen atoms in total. The Hall–Kier alpha value is -2.45. The van der Waals surface area contributed by atoms with Gasteiger partial charge in [0.2, 0.25) is 11.9 Å². The highest BCUT2D eigenvalue weighted by atomic mass is 19.4. The van der Waals surface area contributed by atoms with Crippen LogP contribution in [0.3, 0.4) is 0 Å². The van der Waals surface area contributed by atoms with Gasteiger partial charge in [-0.15, -0.1) is 0 Å². The topological polar surface area (TPSA) is 80.8 Å². The van der Waals surface area contributed by atoms with Gasteiger partial charge in [0.15, 0.2) is 5.82 Å². The summed E-state index contributed by atoms with van der Waals surface area (Å²) in [5.41, 5.74) is 4.95. The summed E-state index contributed by atoms with van der Waals surface area (Å²) in [4.78, 5) is 18.7. The van der Waals surface area contributed by atoms with E-state index in [0.717, 1.165) is 31.7 Å². The fourth-order valence-corrected chi connectivity index (χ4v) is 3.67. The van der Waals surface area contributed by atoms with Crippen LogP contribution in [0, 0.1) is 11.8 Å². The van der Waals surface area contributed by atoms with Gasteiger partial charge in [-0.05, 0) is 63.5 Å². The largest absolute Gasteiger partial charge is 0.433 e. The number of pyridine rings is 1. The van der Waals surface area contributed by atoms with E-state index in [-0.39, 0.29) is 29.6 Å². The van der Waals surface area contributed by atoms with Crippen molar-refractivity contribution in [1.82, 2.24) is 19.9 Å². The van der Waals surface area contributed by atoms with Crippen molar-refractivity contribution in [2.75, 3.05) is 10.6 Å². The van der Waals surface area contributed by atoms with Crippen LogP contribution in [-0.2, 0) is 6.18 Å². The molecule has 2 N–H and O–H groups in total. The number of rotatable bonds is 6. The summed E-state index contributed by atoms with van der Waals surface area (Å²) in [7, 11) is 0. The van der Waals surface area contributed by atoms with Gasteiger partial charge in [-0.2, -0.15) is 28.1 Å². The molecular formula is C19H23F3N6. The zero-order chi connectivity index (χ0) is 20.1. The van der Waals surface area contributed by atoms with E-state index in [9.17, 15) is 13.2 Å². The molecule has 2 aliphatic rings. The van der Waals surface area contributed by atoms with Gasteiger partial charge in [-0.3, -0.25) is 0 Å². The summed E-state index contributed by atoms with van der Waals surface area (Å²) < 4.78 is 39.1. The van der Waals surface area contributed by atoms with Crippen molar-refractivity contribution in [3.05, 3.63) is 23.9 Å². The first-order valence-electron chi connectivity index (χ1n) is 9.58. The number of nitrogens with zero attached hydrogens (tertiary/aromatic N) is 5. The maximum atomic E-state index is 13.0. The molecule has 28 heavy (non-hydrogen) atoms. The summed E-state index contributed by atoms with van der Waals surface area (Å²) in [5.74, 6) is 1.61. The van der Waals surface area contributed by atoms with Crippen molar-refractivity contribution in [2.24, 2.45) is 11.8 Å². The first kappa shape index (κ1) is 18.9. The lowest BCUT2D eigenvalue weighted by Crippen LogP contribution is -2.44. The second kappa shape index (κ2) is 6.86. The fourth-order valence-electron chi connectivity index (χ4n) is 3.67. The minimum Gasteiger partial charge on any atom is -0.368 e. The van der Waals surface area contributed by atoms with Crippen molar-refractivity contribution in [2.45, 2.75) is 57.8 Å². The number of halogens is 3. The van der Waals surface area contributed by atoms with Crippen LogP contribution in [0.25, 0.3) is 11.5 Å². The lowest BCUT2D eigenvalue weighted by molar-refractivity contribution is -0.141. The third-order valence-corrected chi connectivity index (χ3v) is 5.63. The number of hydrogen-bond acceptors (Lipinski definition) is 6. The highest BCUT2D eigenvalue weighted by molar-refractivity contribution is 5.54. The number of anilines is 2. The molecule has 2 unspecified atom stereocenters. The van der Waals surface area contributed by atoms with Crippen molar-refractivity contribution in [3.8, 4) is 11.5 Å². The van der Waals surface area contributed by atoms with Crippen LogP contribution in [0.2, 0.25) is 0 Å². The van der Waals surface area contributed by atoms with Crippen LogP contribution in [0.4, 0.5) is 25.1 Å². The quantitative estimate of drug-likeness (QED) is 0.802. The Labute approximate surface area is 161 Å². The van der Waals surface area contributed by atoms with E-state index < -0.39 is 11.9 Å². The number of nitrogen functional groups attached to an aromatic ring is 1. The Morgan fingerprint density at radius 3 is 2.11 bits per heavy atom. The third-order valence-electron chi connectivity index (χ3n) is 5.63. The molecule has 9 heteroatoms. The predicted octanol–water partition coefficient (Wildman–Crippen LogP) is 3.94. The first-order valence-corrected chi connectivity index (χ1v) is 9.58. The van der Waals surface area contributed by atoms with Crippen molar-refractivity contribution >= 4 is 11.9 Å². The zero-order valence-electron chi connectivity index (χ0n) is 15.8. The number of alkyl halides is 3. The third kappa shape index (κ3) is 3.88. The standard InChI is InChI=1S/C19H23F3N6/c1-10(12-6-7-12)28(11(2)13-8-9-13)18-26-16(25-17(23)27-18)14-4-3-5-15(24-14)19(20,21)22/h3-5,10-13H,6-9H2,1-2H3,(H2,23,25,26,27). The van der Waals surface area contributed by atoms with Crippen LogP contribution >= 0.6 is 0 Å². The fraction of sp³-hybridized carbons (Fsp3) is 0.579. The van der Waals surface area contributed by atoms with Crippen LogP contribution in [0.1, 0.15) is 45.2 Å². The summed E-state index contributed by atoms with van der Waals surface area (Å²) in [6.45, 7) is 4.30. The highest BCUT2D eigenvalue weighted by Gasteiger charge is 2.41. The van der Waals surface area contributed by atoms with Gasteiger partial charge < -0.3 is 10.6 Å². The van der Waals surface area contributed by atoms with Gasteiger partial charge in [0.05, 0.1) is 0 Å². The predicted molar refractivity (Wildman–Crippen MR) is 99.3 cm³/mol. The average molecular weight is 392 g/mol. The van der Waals surface area contributed by atoms with Gasteiger partial charge in [0.1, 0.15) is 11.4 Å². The summed E-state index contributed by atoms with van der Waals surface area (Å²) in [5, 5.41) is 0. The molecule has 2 aromatic rings. The lowest BCUT2D eigenvalue weighted by atomic mass is 10.1. The molecule has 2 fully saturated rings. The summed E-state index contributed by atoms with van der Waals surface area (Å²) in [6, 6.07) is 4.14. The average Bonchev–Trinajstić information content (AvgIpc) is 3.54. The molecule has 0 saturated heterocycles. The molecule has 0 bridgehead atoms. The van der Waals surface area contributed by atoms with Crippen LogP contribution in [-0.4, -0.2) is 32.0 Å². The Bertz CT molecular complexity index is 845. The molecule has 0 aliphatic heterocycles. The van der Waals surface area contributed by atoms with E-state index in [2.05, 4.69) is 38.7 Å². The van der Waals surface area contributed by atoms with Gasteiger partial charge in [-0.1, -0.05) is 6.07 Å². The van der Waals surface area contributed by atoms with Crippen LogP contribution in [0.5, 0.6) is 0 Å². The Morgan fingerprint density at radius 2 is 1.57 bits per heavy atom. The van der Waals surface area contributed by atoms with Crippen molar-refractivity contribution in [3.63, 3.8) is 0 Å². The summed E-state index contributed by atoms with van der Waals surface area (Å²) in [6.07, 6.45) is 0.120. The molecule has 0 spiro atoms. The molecule has 2 saturated carbocycles. The first-order chi connectivity index (χ1) is 13.2. The monoisotopic (exact) mass is 392 g/mol. The minimum absolute atomic E-state index is 0.0183. The van der Waals surface area contributed by atoms with Crippen molar-refractivity contribution in [1.29, 1.82) is 0 Å². The summed E-state index contributed by atoms with van der Waals surface area (Å²) >= 11 is 0. The molecule has 0 radical (unpaired) electrons. The molecule has 2 heterocycles. The maximum absolute atomic E-state index is 13.0. The minimum atomic E-state index is -4.54. The van der Waals surface area contributed by atoms with Gasteiger partial charge >= 0.3 is 6.18 Å². The van der Waals surface area contributed by atoms with Gasteiger partial charge in [0, 0.05) is 12.1 Å². The molecule has 150 valence electrons. The Morgan fingerprint density at radius 1 is 0.964 bits per heavy atom. The second-order valence-electron chi connectivity index (χ2n) is 7.79. The second-order valence-corrected chi connectivity index (χ2v) is 7.79. The Kier molecular flexibility index (Phi) is 4.63. The molecular weight excluding hydrogens is 369 g/mol. The normalized spacial score (nSPS) is 19.3. The molecule has 4 rings (SSSR count). The number of nitrogens with two attached hydrogens (primary N) is 1.